The summed E-state index contributed by atoms with van der Waals surface area (Å²) in [7, 11) is -3.63. The maximum absolute atomic E-state index is 12.5. The number of anilines is 1. The van der Waals surface area contributed by atoms with Crippen LogP contribution >= 0.6 is 0 Å². The number of nitrogens with one attached hydrogen (secondary N) is 2. The van der Waals surface area contributed by atoms with Gasteiger partial charge in [0.2, 0.25) is 15.9 Å². The molecule has 0 saturated carbocycles. The van der Waals surface area contributed by atoms with Gasteiger partial charge in [0.05, 0.1) is 4.90 Å². The van der Waals surface area contributed by atoms with Crippen molar-refractivity contribution in [2.75, 3.05) is 24.5 Å². The highest BCUT2D eigenvalue weighted by molar-refractivity contribution is 7.89. The Hall–Kier alpha value is -2.38. The van der Waals surface area contributed by atoms with Crippen molar-refractivity contribution < 1.29 is 13.2 Å². The molecule has 1 saturated heterocycles. The third kappa shape index (κ3) is 6.31. The lowest BCUT2D eigenvalue weighted by atomic mass is 9.87. The van der Waals surface area contributed by atoms with E-state index in [0.29, 0.717) is 6.54 Å². The molecular weight excluding hydrogens is 410 g/mol. The first-order valence-corrected chi connectivity index (χ1v) is 12.3. The van der Waals surface area contributed by atoms with Crippen LogP contribution in [0.1, 0.15) is 45.6 Å². The molecule has 2 aromatic carbocycles. The molecule has 31 heavy (non-hydrogen) atoms. The lowest BCUT2D eigenvalue weighted by Gasteiger charge is -2.27. The molecule has 1 fully saturated rings. The van der Waals surface area contributed by atoms with Gasteiger partial charge >= 0.3 is 0 Å². The lowest BCUT2D eigenvalue weighted by molar-refractivity contribution is -0.120. The van der Waals surface area contributed by atoms with Crippen LogP contribution in [0.4, 0.5) is 5.69 Å². The number of benzene rings is 2. The first-order valence-electron chi connectivity index (χ1n) is 10.9. The van der Waals surface area contributed by atoms with Crippen LogP contribution in [0.15, 0.2) is 59.5 Å². The molecule has 7 heteroatoms. The number of amides is 1. The van der Waals surface area contributed by atoms with E-state index in [1.165, 1.54) is 5.69 Å². The smallest absolute Gasteiger partial charge is 0.240 e. The highest BCUT2D eigenvalue weighted by Gasteiger charge is 2.25. The number of hydrogen-bond acceptors (Lipinski definition) is 4. The Bertz CT molecular complexity index is 967. The third-order valence-electron chi connectivity index (χ3n) is 5.67. The molecule has 1 aliphatic rings. The summed E-state index contributed by atoms with van der Waals surface area (Å²) in [6, 6.07) is 17.4. The Morgan fingerprint density at radius 1 is 1.06 bits per heavy atom. The molecule has 0 aliphatic carbocycles. The number of sulfonamides is 1. The number of para-hydroxylation sites is 1. The molecule has 0 bridgehead atoms. The van der Waals surface area contributed by atoms with Gasteiger partial charge in [-0.05, 0) is 48.1 Å². The zero-order chi connectivity index (χ0) is 22.5. The molecule has 1 unspecified atom stereocenters. The van der Waals surface area contributed by atoms with Crippen LogP contribution in [0.2, 0.25) is 0 Å². The minimum atomic E-state index is -3.63. The largest absolute Gasteiger partial charge is 0.367 e. The molecular formula is C24H33N3O3S. The fourth-order valence-electron chi connectivity index (χ4n) is 3.84. The van der Waals surface area contributed by atoms with E-state index in [0.717, 1.165) is 24.9 Å². The van der Waals surface area contributed by atoms with Gasteiger partial charge in [0.1, 0.15) is 0 Å². The van der Waals surface area contributed by atoms with E-state index in [2.05, 4.69) is 47.8 Å². The highest BCUT2D eigenvalue weighted by Crippen LogP contribution is 2.25. The number of carbonyl (C=O) groups is 1. The molecule has 6 nitrogen and oxygen atoms in total. The summed E-state index contributed by atoms with van der Waals surface area (Å²) in [4.78, 5) is 14.8. The third-order valence-corrected chi connectivity index (χ3v) is 7.15. The molecule has 168 valence electrons. The topological polar surface area (TPSA) is 78.5 Å². The fourth-order valence-corrected chi connectivity index (χ4v) is 4.88. The van der Waals surface area contributed by atoms with Gasteiger partial charge in [-0.3, -0.25) is 4.79 Å². The summed E-state index contributed by atoms with van der Waals surface area (Å²) in [6.45, 7) is 7.86. The Labute approximate surface area is 186 Å². The second-order valence-electron chi connectivity index (χ2n) is 9.05. The van der Waals surface area contributed by atoms with E-state index < -0.39 is 10.0 Å². The first-order chi connectivity index (χ1) is 14.7. The number of hydrogen-bond donors (Lipinski definition) is 2. The molecule has 1 aliphatic heterocycles. The van der Waals surface area contributed by atoms with Gasteiger partial charge in [-0.25, -0.2) is 13.1 Å². The molecule has 0 spiro atoms. The summed E-state index contributed by atoms with van der Waals surface area (Å²) in [5.74, 6) is -0.148. The van der Waals surface area contributed by atoms with Crippen LogP contribution in [0, 0.1) is 0 Å². The predicted octanol–water partition coefficient (Wildman–Crippen LogP) is 3.44. The molecule has 0 radical (unpaired) electrons. The van der Waals surface area contributed by atoms with Gasteiger partial charge in [-0.15, -0.1) is 0 Å². The normalized spacial score (nSPS) is 17.0. The van der Waals surface area contributed by atoms with Gasteiger partial charge in [-0.1, -0.05) is 51.1 Å². The Morgan fingerprint density at radius 2 is 1.74 bits per heavy atom. The van der Waals surface area contributed by atoms with Gasteiger partial charge in [-0.2, -0.15) is 0 Å². The summed E-state index contributed by atoms with van der Waals surface area (Å²) in [5, 5.41) is 2.96. The molecule has 1 heterocycles. The maximum atomic E-state index is 12.5. The summed E-state index contributed by atoms with van der Waals surface area (Å²) in [5.41, 5.74) is 2.20. The average Bonchev–Trinajstić information content (AvgIpc) is 3.21. The van der Waals surface area contributed by atoms with Gasteiger partial charge in [0.15, 0.2) is 0 Å². The van der Waals surface area contributed by atoms with E-state index in [-0.39, 0.29) is 35.2 Å². The Kier molecular flexibility index (Phi) is 7.38. The Balaban J connectivity index is 1.45. The quantitative estimate of drug-likeness (QED) is 0.655. The van der Waals surface area contributed by atoms with E-state index in [9.17, 15) is 13.2 Å². The van der Waals surface area contributed by atoms with Crippen molar-refractivity contribution in [3.63, 3.8) is 0 Å². The maximum Gasteiger partial charge on any atom is 0.240 e. The van der Waals surface area contributed by atoms with Crippen molar-refractivity contribution in [2.24, 2.45) is 0 Å². The van der Waals surface area contributed by atoms with Crippen LogP contribution in [0.3, 0.4) is 0 Å². The fraction of sp³-hybridized carbons (Fsp3) is 0.458. The Morgan fingerprint density at radius 3 is 2.39 bits per heavy atom. The van der Waals surface area contributed by atoms with Crippen LogP contribution in [-0.4, -0.2) is 40.0 Å². The summed E-state index contributed by atoms with van der Waals surface area (Å²) in [6.07, 6.45) is 2.24. The van der Waals surface area contributed by atoms with Crippen LogP contribution in [0.5, 0.6) is 0 Å². The summed E-state index contributed by atoms with van der Waals surface area (Å²) >= 11 is 0. The zero-order valence-corrected chi connectivity index (χ0v) is 19.4. The molecule has 3 rings (SSSR count). The van der Waals surface area contributed by atoms with Crippen LogP contribution in [0.25, 0.3) is 0 Å². The first kappa shape index (κ1) is 23.3. The molecule has 0 aromatic heterocycles. The highest BCUT2D eigenvalue weighted by atomic mass is 32.2. The summed E-state index contributed by atoms with van der Waals surface area (Å²) < 4.78 is 27.5. The van der Waals surface area contributed by atoms with Crippen molar-refractivity contribution in [2.45, 2.75) is 56.4 Å². The van der Waals surface area contributed by atoms with Crippen LogP contribution < -0.4 is 14.9 Å². The number of carbonyl (C=O) groups excluding carboxylic acids is 1. The van der Waals surface area contributed by atoms with E-state index in [1.807, 2.05) is 30.3 Å². The monoisotopic (exact) mass is 443 g/mol. The van der Waals surface area contributed by atoms with Gasteiger partial charge in [0.25, 0.3) is 0 Å². The van der Waals surface area contributed by atoms with E-state index >= 15 is 0 Å². The zero-order valence-electron chi connectivity index (χ0n) is 18.6. The van der Waals surface area contributed by atoms with Crippen molar-refractivity contribution in [1.29, 1.82) is 0 Å². The van der Waals surface area contributed by atoms with Crippen molar-refractivity contribution >= 4 is 21.6 Å². The number of nitrogens with zero attached hydrogens (tertiary/aromatic N) is 1. The standard InChI is InChI=1S/C24H33N3O3S/c1-24(2,3)19-11-13-22(14-12-19)31(29,30)26-16-15-23(28)25-18-21-10-7-17-27(21)20-8-5-4-6-9-20/h4-6,8-9,11-14,21,26H,7,10,15-18H2,1-3H3,(H,25,28). The predicted molar refractivity (Wildman–Crippen MR) is 125 cm³/mol. The minimum absolute atomic E-state index is 0.0385. The van der Waals surface area contributed by atoms with Gasteiger partial charge < -0.3 is 10.2 Å². The van der Waals surface area contributed by atoms with Crippen LogP contribution in [-0.2, 0) is 20.2 Å². The van der Waals surface area contributed by atoms with E-state index in [4.69, 9.17) is 0 Å². The molecule has 2 N–H and O–H groups in total. The SMILES string of the molecule is CC(C)(C)c1ccc(S(=O)(=O)NCCC(=O)NCC2CCCN2c2ccccc2)cc1. The second-order valence-corrected chi connectivity index (χ2v) is 10.8. The average molecular weight is 444 g/mol. The van der Waals surface area contributed by atoms with Crippen molar-refractivity contribution in [3.05, 3.63) is 60.2 Å². The van der Waals surface area contributed by atoms with Gasteiger partial charge in [0, 0.05) is 37.8 Å². The molecule has 1 atom stereocenters. The van der Waals surface area contributed by atoms with Crippen molar-refractivity contribution in [3.8, 4) is 0 Å². The minimum Gasteiger partial charge on any atom is -0.367 e. The number of rotatable bonds is 8. The van der Waals surface area contributed by atoms with Crippen molar-refractivity contribution in [1.82, 2.24) is 10.0 Å². The lowest BCUT2D eigenvalue weighted by Crippen LogP contribution is -2.41. The molecule has 1 amide bonds. The van der Waals surface area contributed by atoms with E-state index in [1.54, 1.807) is 12.1 Å². The molecule has 2 aromatic rings. The second kappa shape index (κ2) is 9.83.